The number of halogens is 3. The molecular weight excluding hydrogens is 553 g/mol. The van der Waals surface area contributed by atoms with Crippen LogP contribution in [0, 0.1) is 30.0 Å². The maximum absolute atomic E-state index is 16.0. The van der Waals surface area contributed by atoms with Crippen LogP contribution in [0.25, 0.3) is 11.0 Å². The van der Waals surface area contributed by atoms with Crippen molar-refractivity contribution in [1.29, 1.82) is 5.26 Å². The van der Waals surface area contributed by atoms with Gasteiger partial charge in [0.15, 0.2) is 0 Å². The lowest BCUT2D eigenvalue weighted by atomic mass is 9.85. The number of aryl methyl sites for hydroxylation is 2. The fourth-order valence-corrected chi connectivity index (χ4v) is 6.88. The summed E-state index contributed by atoms with van der Waals surface area (Å²) in [6.45, 7) is 5.96. The largest absolute Gasteiger partial charge is 0.363 e. The summed E-state index contributed by atoms with van der Waals surface area (Å²) >= 11 is 0. The van der Waals surface area contributed by atoms with Gasteiger partial charge in [0.1, 0.15) is 23.1 Å². The number of hydrogen-bond donors (Lipinski definition) is 1. The summed E-state index contributed by atoms with van der Waals surface area (Å²) < 4.78 is 49.3. The maximum Gasteiger partial charge on any atom is 0.278 e. The number of piperidine rings is 1. The van der Waals surface area contributed by atoms with Gasteiger partial charge in [-0.1, -0.05) is 37.5 Å². The zero-order valence-corrected chi connectivity index (χ0v) is 24.9. The van der Waals surface area contributed by atoms with E-state index in [2.05, 4.69) is 26.3 Å². The van der Waals surface area contributed by atoms with Gasteiger partial charge in [-0.15, -0.1) is 0 Å². The molecule has 10 heteroatoms. The highest BCUT2D eigenvalue weighted by Gasteiger charge is 2.48. The molecule has 7 rings (SSSR count). The molecule has 43 heavy (non-hydrogen) atoms. The Hall–Kier alpha value is -3.45. The summed E-state index contributed by atoms with van der Waals surface area (Å²) in [5.41, 5.74) is -0.580. The second-order valence-corrected chi connectivity index (χ2v) is 12.6. The molecule has 4 aliphatic rings. The number of pyridine rings is 1. The highest BCUT2D eigenvalue weighted by Crippen LogP contribution is 2.47. The lowest BCUT2D eigenvalue weighted by Crippen LogP contribution is -2.40. The smallest absolute Gasteiger partial charge is 0.278 e. The van der Waals surface area contributed by atoms with Crippen LogP contribution in [0.15, 0.2) is 29.1 Å². The minimum Gasteiger partial charge on any atom is -0.363 e. The van der Waals surface area contributed by atoms with Gasteiger partial charge in [0.2, 0.25) is 0 Å². The quantitative estimate of drug-likeness (QED) is 0.337. The van der Waals surface area contributed by atoms with E-state index in [-0.39, 0.29) is 11.1 Å². The Morgan fingerprint density at radius 3 is 2.40 bits per heavy atom. The van der Waals surface area contributed by atoms with E-state index in [1.54, 1.807) is 24.5 Å². The molecule has 2 fully saturated rings. The van der Waals surface area contributed by atoms with Crippen LogP contribution in [0.4, 0.5) is 19.0 Å². The summed E-state index contributed by atoms with van der Waals surface area (Å²) in [6, 6.07) is 7.57. The molecule has 228 valence electrons. The number of aromatic nitrogens is 3. The number of benzene rings is 1. The van der Waals surface area contributed by atoms with Crippen LogP contribution in [0.3, 0.4) is 0 Å². The van der Waals surface area contributed by atoms with Crippen molar-refractivity contribution < 1.29 is 13.2 Å². The standard InChI is InChI=1S/C33H39F3N6O/c1-21-24-9-8-10-26(28(24)34)33(35,36)23-11-17-41(18-12-23)15-6-4-3-5-7-16-42-30-25(29(38-21)39-22(2)40-30)19-27(31(42)43)32(20-37)13-14-32/h8-10,19,21,23H,3-7,11-18H2,1-2H3,(H,38,39,40)/t21-/m1/s1. The molecule has 1 aliphatic carbocycles. The summed E-state index contributed by atoms with van der Waals surface area (Å²) in [5, 5.41) is 13.8. The van der Waals surface area contributed by atoms with Gasteiger partial charge >= 0.3 is 0 Å². The van der Waals surface area contributed by atoms with Gasteiger partial charge in [-0.3, -0.25) is 9.36 Å². The first-order valence-corrected chi connectivity index (χ1v) is 15.6. The van der Waals surface area contributed by atoms with Crippen molar-refractivity contribution in [1.82, 2.24) is 19.4 Å². The Morgan fingerprint density at radius 2 is 1.70 bits per heavy atom. The highest BCUT2D eigenvalue weighted by molar-refractivity contribution is 5.88. The molecular formula is C33H39F3N6O. The molecule has 0 radical (unpaired) electrons. The molecule has 0 spiro atoms. The molecule has 1 N–H and O–H groups in total. The molecule has 1 saturated heterocycles. The van der Waals surface area contributed by atoms with Crippen LogP contribution in [0.2, 0.25) is 0 Å². The molecule has 5 heterocycles. The number of alkyl halides is 2. The van der Waals surface area contributed by atoms with Crippen molar-refractivity contribution in [3.63, 3.8) is 0 Å². The number of nitrogens with zero attached hydrogens (tertiary/aromatic N) is 5. The van der Waals surface area contributed by atoms with E-state index in [1.165, 1.54) is 18.2 Å². The molecule has 3 aliphatic heterocycles. The lowest BCUT2D eigenvalue weighted by molar-refractivity contribution is -0.0880. The van der Waals surface area contributed by atoms with Crippen LogP contribution in [-0.2, 0) is 17.9 Å². The minimum absolute atomic E-state index is 0.120. The van der Waals surface area contributed by atoms with Gasteiger partial charge in [0, 0.05) is 23.6 Å². The molecule has 7 nitrogen and oxygen atoms in total. The van der Waals surface area contributed by atoms with E-state index in [0.29, 0.717) is 73.6 Å². The number of nitrogens with one attached hydrogen (secondary N) is 1. The topological polar surface area (TPSA) is 86.8 Å². The number of nitriles is 1. The van der Waals surface area contributed by atoms with Crippen molar-refractivity contribution in [2.45, 2.75) is 95.6 Å². The molecule has 1 saturated carbocycles. The van der Waals surface area contributed by atoms with Gasteiger partial charge < -0.3 is 10.2 Å². The number of hydrogen-bond acceptors (Lipinski definition) is 6. The van der Waals surface area contributed by atoms with Crippen LogP contribution in [0.5, 0.6) is 0 Å². The first-order chi connectivity index (χ1) is 20.6. The van der Waals surface area contributed by atoms with Gasteiger partial charge in [-0.2, -0.15) is 5.26 Å². The van der Waals surface area contributed by atoms with Crippen molar-refractivity contribution in [2.24, 2.45) is 5.92 Å². The Bertz CT molecular complexity index is 1620. The third-order valence-electron chi connectivity index (χ3n) is 9.70. The van der Waals surface area contributed by atoms with Crippen LogP contribution < -0.4 is 10.9 Å². The van der Waals surface area contributed by atoms with Crippen LogP contribution in [-0.4, -0.2) is 39.1 Å². The van der Waals surface area contributed by atoms with E-state index < -0.39 is 34.7 Å². The van der Waals surface area contributed by atoms with Crippen LogP contribution in [0.1, 0.15) is 93.3 Å². The Morgan fingerprint density at radius 1 is 1.00 bits per heavy atom. The fraction of sp³-hybridized carbons (Fsp3) is 0.576. The fourth-order valence-electron chi connectivity index (χ4n) is 6.88. The third-order valence-corrected chi connectivity index (χ3v) is 9.70. The van der Waals surface area contributed by atoms with Gasteiger partial charge in [0.25, 0.3) is 11.5 Å². The van der Waals surface area contributed by atoms with Crippen LogP contribution >= 0.6 is 0 Å². The Balaban J connectivity index is 1.45. The van der Waals surface area contributed by atoms with E-state index in [1.807, 2.05) is 0 Å². The lowest BCUT2D eigenvalue weighted by Gasteiger charge is -2.36. The van der Waals surface area contributed by atoms with Gasteiger partial charge in [-0.25, -0.2) is 23.1 Å². The summed E-state index contributed by atoms with van der Waals surface area (Å²) in [6.07, 6.45) is 6.64. The zero-order chi connectivity index (χ0) is 30.4. The normalized spacial score (nSPS) is 25.4. The Kier molecular flexibility index (Phi) is 7.97. The summed E-state index contributed by atoms with van der Waals surface area (Å²) in [4.78, 5) is 25.3. The average molecular weight is 593 g/mol. The SMILES string of the molecule is Cc1nc2c3cc(C4(C#N)CC4)c(=O)n(c3n1)CCCCCCCN1CCC(CC1)C(F)(F)c1cccc(c1F)[C@@H](C)N2. The molecule has 3 aromatic rings. The number of anilines is 1. The first-order valence-electron chi connectivity index (χ1n) is 15.6. The van der Waals surface area contributed by atoms with Crippen molar-refractivity contribution in [2.75, 3.05) is 25.0 Å². The van der Waals surface area contributed by atoms with E-state index in [4.69, 9.17) is 0 Å². The first kappa shape index (κ1) is 29.6. The van der Waals surface area contributed by atoms with E-state index in [0.717, 1.165) is 38.6 Å². The van der Waals surface area contributed by atoms with Gasteiger partial charge in [0.05, 0.1) is 28.5 Å². The number of rotatable bonds is 1. The van der Waals surface area contributed by atoms with E-state index >= 15 is 13.2 Å². The van der Waals surface area contributed by atoms with E-state index in [9.17, 15) is 10.1 Å². The van der Waals surface area contributed by atoms with Gasteiger partial charge in [-0.05, 0) is 78.1 Å². The molecule has 0 amide bonds. The molecule has 0 unspecified atom stereocenters. The zero-order valence-electron chi connectivity index (χ0n) is 24.9. The molecule has 1 aromatic carbocycles. The summed E-state index contributed by atoms with van der Waals surface area (Å²) in [5.74, 6) is -4.30. The highest BCUT2D eigenvalue weighted by atomic mass is 19.3. The predicted molar refractivity (Wildman–Crippen MR) is 160 cm³/mol. The second-order valence-electron chi connectivity index (χ2n) is 12.6. The Labute approximate surface area is 250 Å². The second kappa shape index (κ2) is 11.6. The van der Waals surface area contributed by atoms with Crippen molar-refractivity contribution >= 4 is 16.9 Å². The van der Waals surface area contributed by atoms with Crippen molar-refractivity contribution in [3.05, 3.63) is 63.0 Å². The minimum atomic E-state index is -3.29. The van der Waals surface area contributed by atoms with Crippen molar-refractivity contribution in [3.8, 4) is 6.07 Å². The molecule has 1 atom stereocenters. The molecule has 2 aromatic heterocycles. The predicted octanol–water partition coefficient (Wildman–Crippen LogP) is 6.74. The summed E-state index contributed by atoms with van der Waals surface area (Å²) in [7, 11) is 0. The monoisotopic (exact) mass is 592 g/mol. The maximum atomic E-state index is 16.0. The average Bonchev–Trinajstić information content (AvgIpc) is 3.78. The third kappa shape index (κ3) is 5.52. The molecule has 8 bridgehead atoms. The number of fused-ring (bicyclic) bond motifs is 9.